The molecular weight excluding hydrogens is 312 g/mol. The third-order valence-electron chi connectivity index (χ3n) is 4.35. The van der Waals surface area contributed by atoms with Crippen LogP contribution in [-0.2, 0) is 20.1 Å². The highest BCUT2D eigenvalue weighted by molar-refractivity contribution is 7.98. The Kier molecular flexibility index (Phi) is 5.35. The second kappa shape index (κ2) is 7.47. The molecule has 3 atom stereocenters. The number of hydrogen-bond donors (Lipinski definition) is 1. The van der Waals surface area contributed by atoms with E-state index in [1.165, 1.54) is 5.56 Å². The van der Waals surface area contributed by atoms with Crippen molar-refractivity contribution in [2.75, 3.05) is 18.9 Å². The lowest BCUT2D eigenvalue weighted by atomic mass is 9.97. The molecule has 3 rings (SSSR count). The zero-order valence-corrected chi connectivity index (χ0v) is 13.8. The Morgan fingerprint density at radius 1 is 1.39 bits per heavy atom. The van der Waals surface area contributed by atoms with Gasteiger partial charge in [0.05, 0.1) is 12.1 Å². The van der Waals surface area contributed by atoms with E-state index in [9.17, 15) is 9.59 Å². The van der Waals surface area contributed by atoms with Crippen molar-refractivity contribution in [3.05, 3.63) is 35.9 Å². The van der Waals surface area contributed by atoms with Gasteiger partial charge in [-0.25, -0.2) is 0 Å². The number of thioether (sulfide) groups is 1. The van der Waals surface area contributed by atoms with Crippen molar-refractivity contribution in [1.29, 1.82) is 0 Å². The summed E-state index contributed by atoms with van der Waals surface area (Å²) < 4.78 is 5.48. The molecule has 2 N–H and O–H groups in total. The number of likely N-dealkylation sites (tertiary alicyclic amines) is 1. The molecule has 23 heavy (non-hydrogen) atoms. The average molecular weight is 334 g/mol. The number of nitrogens with two attached hydrogens (primary N) is 1. The average Bonchev–Trinajstić information content (AvgIpc) is 2.96. The zero-order chi connectivity index (χ0) is 16.2. The monoisotopic (exact) mass is 334 g/mol. The van der Waals surface area contributed by atoms with Crippen LogP contribution < -0.4 is 5.73 Å². The molecule has 2 saturated heterocycles. The number of hydrogen-bond acceptors (Lipinski definition) is 5. The van der Waals surface area contributed by atoms with Gasteiger partial charge in [-0.15, -0.1) is 0 Å². The highest BCUT2D eigenvalue weighted by Crippen LogP contribution is 2.27. The van der Waals surface area contributed by atoms with Gasteiger partial charge in [-0.05, 0) is 18.4 Å². The molecule has 124 valence electrons. The van der Waals surface area contributed by atoms with Crippen LogP contribution in [0.1, 0.15) is 18.4 Å². The number of carbonyl (C=O) groups is 2. The molecule has 0 bridgehead atoms. The van der Waals surface area contributed by atoms with E-state index in [1.807, 2.05) is 18.2 Å². The molecule has 0 aliphatic carbocycles. The second-order valence-electron chi connectivity index (χ2n) is 6.04. The number of Topliss-reactive ketones (excluding diaryl/α,β-unsaturated/α-hetero) is 1. The van der Waals surface area contributed by atoms with E-state index in [4.69, 9.17) is 10.5 Å². The van der Waals surface area contributed by atoms with Crippen molar-refractivity contribution < 1.29 is 14.3 Å². The first-order valence-corrected chi connectivity index (χ1v) is 9.14. The molecule has 6 heteroatoms. The highest BCUT2D eigenvalue weighted by Gasteiger charge is 2.44. The number of fused-ring (bicyclic) bond motifs is 1. The molecule has 0 saturated carbocycles. The lowest BCUT2D eigenvalue weighted by Gasteiger charge is -2.36. The van der Waals surface area contributed by atoms with Crippen molar-refractivity contribution in [1.82, 2.24) is 4.90 Å². The van der Waals surface area contributed by atoms with Crippen molar-refractivity contribution in [2.24, 2.45) is 5.73 Å². The van der Waals surface area contributed by atoms with Gasteiger partial charge in [0.15, 0.2) is 5.78 Å². The summed E-state index contributed by atoms with van der Waals surface area (Å²) in [5.41, 5.74) is 7.29. The van der Waals surface area contributed by atoms with Gasteiger partial charge in [-0.3, -0.25) is 9.59 Å². The van der Waals surface area contributed by atoms with Gasteiger partial charge in [0.25, 0.3) is 0 Å². The van der Waals surface area contributed by atoms with Gasteiger partial charge in [0, 0.05) is 18.1 Å². The predicted octanol–water partition coefficient (Wildman–Crippen LogP) is 1.21. The Hall–Kier alpha value is -1.37. The predicted molar refractivity (Wildman–Crippen MR) is 90.1 cm³/mol. The third-order valence-corrected chi connectivity index (χ3v) is 5.49. The van der Waals surface area contributed by atoms with Crippen LogP contribution in [0.15, 0.2) is 30.3 Å². The van der Waals surface area contributed by atoms with Crippen LogP contribution in [-0.4, -0.2) is 53.7 Å². The van der Waals surface area contributed by atoms with E-state index in [1.54, 1.807) is 16.7 Å². The fourth-order valence-electron chi connectivity index (χ4n) is 3.20. The molecule has 0 spiro atoms. The summed E-state index contributed by atoms with van der Waals surface area (Å²) >= 11 is 1.64. The standard InChI is InChI=1S/C17H22N2O3S/c18-13(11-23-10-12-5-2-1-3-6-12)17(21)19-8-4-7-15-16(19)14(20)9-22-15/h1-3,5-6,13,15-16H,4,7-11,18H2. The van der Waals surface area contributed by atoms with Crippen LogP contribution in [0.25, 0.3) is 0 Å². The first-order chi connectivity index (χ1) is 11.2. The summed E-state index contributed by atoms with van der Waals surface area (Å²) in [6.07, 6.45) is 1.58. The number of rotatable bonds is 5. The molecule has 3 unspecified atom stereocenters. The maximum Gasteiger partial charge on any atom is 0.241 e. The van der Waals surface area contributed by atoms with E-state index in [-0.39, 0.29) is 24.4 Å². The highest BCUT2D eigenvalue weighted by atomic mass is 32.2. The van der Waals surface area contributed by atoms with Crippen LogP contribution >= 0.6 is 11.8 Å². The summed E-state index contributed by atoms with van der Waals surface area (Å²) in [7, 11) is 0. The molecule has 2 aliphatic heterocycles. The molecule has 1 aromatic rings. The Morgan fingerprint density at radius 3 is 2.96 bits per heavy atom. The van der Waals surface area contributed by atoms with E-state index in [0.29, 0.717) is 12.3 Å². The van der Waals surface area contributed by atoms with Crippen LogP contribution in [0.4, 0.5) is 0 Å². The summed E-state index contributed by atoms with van der Waals surface area (Å²) in [5.74, 6) is 1.26. The fourth-order valence-corrected chi connectivity index (χ4v) is 4.14. The van der Waals surface area contributed by atoms with Crippen molar-refractivity contribution >= 4 is 23.5 Å². The molecule has 1 aromatic carbocycles. The van der Waals surface area contributed by atoms with Gasteiger partial charge in [-0.1, -0.05) is 30.3 Å². The van der Waals surface area contributed by atoms with E-state index >= 15 is 0 Å². The zero-order valence-electron chi connectivity index (χ0n) is 13.0. The smallest absolute Gasteiger partial charge is 0.241 e. The van der Waals surface area contributed by atoms with Gasteiger partial charge in [0.2, 0.25) is 5.91 Å². The number of ether oxygens (including phenoxy) is 1. The topological polar surface area (TPSA) is 72.6 Å². The maximum absolute atomic E-state index is 12.6. The lowest BCUT2D eigenvalue weighted by molar-refractivity contribution is -0.141. The van der Waals surface area contributed by atoms with Crippen molar-refractivity contribution in [2.45, 2.75) is 36.8 Å². The Morgan fingerprint density at radius 2 is 2.17 bits per heavy atom. The molecule has 2 heterocycles. The van der Waals surface area contributed by atoms with Gasteiger partial charge < -0.3 is 15.4 Å². The number of carbonyl (C=O) groups excluding carboxylic acids is 2. The van der Waals surface area contributed by atoms with E-state index in [0.717, 1.165) is 18.6 Å². The van der Waals surface area contributed by atoms with Crippen LogP contribution in [0, 0.1) is 0 Å². The first kappa shape index (κ1) is 16.5. The van der Waals surface area contributed by atoms with Crippen LogP contribution in [0.5, 0.6) is 0 Å². The lowest BCUT2D eigenvalue weighted by Crippen LogP contribution is -2.56. The normalized spacial score (nSPS) is 25.3. The third kappa shape index (κ3) is 3.76. The minimum Gasteiger partial charge on any atom is -0.368 e. The minimum absolute atomic E-state index is 0.00666. The SMILES string of the molecule is NC(CSCc1ccccc1)C(=O)N1CCCC2OCC(=O)C21. The number of benzene rings is 1. The molecule has 1 amide bonds. The Bertz CT molecular complexity index is 566. The molecule has 2 aliphatic rings. The van der Waals surface area contributed by atoms with Crippen LogP contribution in [0.3, 0.4) is 0 Å². The molecular formula is C17H22N2O3S. The molecule has 0 aromatic heterocycles. The molecule has 2 fully saturated rings. The van der Waals surface area contributed by atoms with Crippen molar-refractivity contribution in [3.63, 3.8) is 0 Å². The van der Waals surface area contributed by atoms with Crippen LogP contribution in [0.2, 0.25) is 0 Å². The summed E-state index contributed by atoms with van der Waals surface area (Å²) in [6.45, 7) is 0.725. The fraction of sp³-hybridized carbons (Fsp3) is 0.529. The van der Waals surface area contributed by atoms with Gasteiger partial charge in [-0.2, -0.15) is 11.8 Å². The molecule has 0 radical (unpaired) electrons. The van der Waals surface area contributed by atoms with Gasteiger partial charge >= 0.3 is 0 Å². The first-order valence-electron chi connectivity index (χ1n) is 7.99. The number of nitrogens with zero attached hydrogens (tertiary/aromatic N) is 1. The summed E-state index contributed by atoms with van der Waals surface area (Å²) in [5, 5.41) is 0. The van der Waals surface area contributed by atoms with E-state index < -0.39 is 12.1 Å². The second-order valence-corrected chi connectivity index (χ2v) is 7.07. The summed E-state index contributed by atoms with van der Waals surface area (Å²) in [6, 6.07) is 9.11. The van der Waals surface area contributed by atoms with E-state index in [2.05, 4.69) is 12.1 Å². The summed E-state index contributed by atoms with van der Waals surface area (Å²) in [4.78, 5) is 26.2. The Balaban J connectivity index is 1.53. The number of piperidine rings is 1. The number of ketones is 1. The molecule has 5 nitrogen and oxygen atoms in total. The minimum atomic E-state index is -0.573. The van der Waals surface area contributed by atoms with Crippen molar-refractivity contribution in [3.8, 4) is 0 Å². The quantitative estimate of drug-likeness (QED) is 0.876. The maximum atomic E-state index is 12.6. The van der Waals surface area contributed by atoms with Gasteiger partial charge in [0.1, 0.15) is 12.6 Å². The number of amides is 1. The largest absolute Gasteiger partial charge is 0.368 e. The Labute approximate surface area is 140 Å².